The second-order valence-corrected chi connectivity index (χ2v) is 5.10. The molecule has 0 atom stereocenters. The first-order valence-corrected chi connectivity index (χ1v) is 7.35. The number of carbonyl (C=O) groups excluding carboxylic acids is 1. The summed E-state index contributed by atoms with van der Waals surface area (Å²) in [4.78, 5) is 22.8. The predicted octanol–water partition coefficient (Wildman–Crippen LogP) is 3.27. The third-order valence-electron chi connectivity index (χ3n) is 3.42. The molecule has 0 aromatic heterocycles. The molecule has 0 aliphatic carbocycles. The average molecular weight is 314 g/mol. The number of phenols is 1. The van der Waals surface area contributed by atoms with Crippen molar-refractivity contribution in [2.75, 3.05) is 6.61 Å². The maximum absolute atomic E-state index is 11.8. The van der Waals surface area contributed by atoms with Crippen molar-refractivity contribution in [1.82, 2.24) is 0 Å². The standard InChI is InChI=1S/C18H18O5/c19-15-10-8-14(9-11-15)18(22)23-12-4-3-6-13-5-1-2-7-16(13)17(20)21/h1-2,5,7-11,19H,3-4,6,12H2,(H,20,21). The van der Waals surface area contributed by atoms with Crippen molar-refractivity contribution in [2.45, 2.75) is 19.3 Å². The van der Waals surface area contributed by atoms with E-state index in [1.165, 1.54) is 24.3 Å². The van der Waals surface area contributed by atoms with Crippen LogP contribution in [0.2, 0.25) is 0 Å². The van der Waals surface area contributed by atoms with Crippen molar-refractivity contribution in [2.24, 2.45) is 0 Å². The summed E-state index contributed by atoms with van der Waals surface area (Å²) in [5.74, 6) is -1.27. The summed E-state index contributed by atoms with van der Waals surface area (Å²) in [6, 6.07) is 12.8. The number of hydrogen-bond donors (Lipinski definition) is 2. The molecule has 2 aromatic carbocycles. The lowest BCUT2D eigenvalue weighted by atomic mass is 10.0. The Morgan fingerprint density at radius 1 is 0.957 bits per heavy atom. The number of carboxylic acids is 1. The summed E-state index contributed by atoms with van der Waals surface area (Å²) in [5, 5.41) is 18.3. The fraction of sp³-hybridized carbons (Fsp3) is 0.222. The summed E-state index contributed by atoms with van der Waals surface area (Å²) < 4.78 is 5.15. The van der Waals surface area contributed by atoms with Crippen molar-refractivity contribution in [3.8, 4) is 5.75 Å². The highest BCUT2D eigenvalue weighted by Gasteiger charge is 2.09. The van der Waals surface area contributed by atoms with E-state index in [4.69, 9.17) is 14.9 Å². The van der Waals surface area contributed by atoms with Crippen LogP contribution in [0.1, 0.15) is 39.1 Å². The van der Waals surface area contributed by atoms with Crippen molar-refractivity contribution in [1.29, 1.82) is 0 Å². The normalized spacial score (nSPS) is 10.3. The van der Waals surface area contributed by atoms with E-state index in [1.807, 2.05) is 6.07 Å². The Bertz CT molecular complexity index is 676. The van der Waals surface area contributed by atoms with Crippen LogP contribution in [0.5, 0.6) is 5.75 Å². The van der Waals surface area contributed by atoms with Crippen molar-refractivity contribution in [3.63, 3.8) is 0 Å². The van der Waals surface area contributed by atoms with Gasteiger partial charge in [0.15, 0.2) is 0 Å². The van der Waals surface area contributed by atoms with Gasteiger partial charge in [-0.2, -0.15) is 0 Å². The fourth-order valence-corrected chi connectivity index (χ4v) is 2.21. The molecule has 0 unspecified atom stereocenters. The number of rotatable bonds is 7. The van der Waals surface area contributed by atoms with Crippen LogP contribution >= 0.6 is 0 Å². The zero-order valence-electron chi connectivity index (χ0n) is 12.6. The summed E-state index contributed by atoms with van der Waals surface area (Å²) >= 11 is 0. The molecular weight excluding hydrogens is 296 g/mol. The van der Waals surface area contributed by atoms with E-state index in [0.29, 0.717) is 24.0 Å². The van der Waals surface area contributed by atoms with E-state index in [9.17, 15) is 9.59 Å². The molecule has 2 N–H and O–H groups in total. The molecule has 0 radical (unpaired) electrons. The Hall–Kier alpha value is -2.82. The van der Waals surface area contributed by atoms with Gasteiger partial charge in [-0.3, -0.25) is 0 Å². The first-order valence-electron chi connectivity index (χ1n) is 7.35. The van der Waals surface area contributed by atoms with Gasteiger partial charge < -0.3 is 14.9 Å². The highest BCUT2D eigenvalue weighted by molar-refractivity contribution is 5.89. The van der Waals surface area contributed by atoms with Crippen LogP contribution in [0.3, 0.4) is 0 Å². The van der Waals surface area contributed by atoms with E-state index < -0.39 is 11.9 Å². The van der Waals surface area contributed by atoms with Gasteiger partial charge in [-0.25, -0.2) is 9.59 Å². The van der Waals surface area contributed by atoms with E-state index in [2.05, 4.69) is 0 Å². The summed E-state index contributed by atoms with van der Waals surface area (Å²) in [5.41, 5.74) is 1.48. The average Bonchev–Trinajstić information content (AvgIpc) is 2.55. The lowest BCUT2D eigenvalue weighted by Gasteiger charge is -2.07. The van der Waals surface area contributed by atoms with Gasteiger partial charge in [0.05, 0.1) is 17.7 Å². The highest BCUT2D eigenvalue weighted by atomic mass is 16.5. The maximum Gasteiger partial charge on any atom is 0.338 e. The SMILES string of the molecule is O=C(OCCCCc1ccccc1C(=O)O)c1ccc(O)cc1. The topological polar surface area (TPSA) is 83.8 Å². The van der Waals surface area contributed by atoms with Gasteiger partial charge in [-0.05, 0) is 55.2 Å². The Kier molecular flexibility index (Phi) is 5.74. The van der Waals surface area contributed by atoms with Gasteiger partial charge in [-0.15, -0.1) is 0 Å². The molecule has 0 fully saturated rings. The van der Waals surface area contributed by atoms with Crippen LogP contribution in [0.25, 0.3) is 0 Å². The molecular formula is C18H18O5. The number of aryl methyl sites for hydroxylation is 1. The Morgan fingerprint density at radius 2 is 1.65 bits per heavy atom. The number of phenolic OH excluding ortho intramolecular Hbond substituents is 1. The van der Waals surface area contributed by atoms with E-state index >= 15 is 0 Å². The number of unbranched alkanes of at least 4 members (excludes halogenated alkanes) is 1. The number of aromatic hydroxyl groups is 1. The zero-order valence-corrected chi connectivity index (χ0v) is 12.6. The number of benzene rings is 2. The van der Waals surface area contributed by atoms with Gasteiger partial charge in [0.25, 0.3) is 0 Å². The summed E-state index contributed by atoms with van der Waals surface area (Å²) in [6.45, 7) is 0.273. The molecule has 5 nitrogen and oxygen atoms in total. The molecule has 0 aliphatic rings. The third kappa shape index (κ3) is 4.85. The Balaban J connectivity index is 1.75. The largest absolute Gasteiger partial charge is 0.508 e. The lowest BCUT2D eigenvalue weighted by Crippen LogP contribution is -2.07. The quantitative estimate of drug-likeness (QED) is 0.605. The molecule has 0 amide bonds. The van der Waals surface area contributed by atoms with Crippen LogP contribution < -0.4 is 0 Å². The summed E-state index contributed by atoms with van der Waals surface area (Å²) in [7, 11) is 0. The molecule has 2 rings (SSSR count). The van der Waals surface area contributed by atoms with Gasteiger partial charge in [-0.1, -0.05) is 18.2 Å². The minimum Gasteiger partial charge on any atom is -0.508 e. The van der Waals surface area contributed by atoms with Gasteiger partial charge in [0, 0.05) is 0 Å². The molecule has 0 heterocycles. The number of ether oxygens (including phenoxy) is 1. The van der Waals surface area contributed by atoms with Crippen LogP contribution in [0.4, 0.5) is 0 Å². The van der Waals surface area contributed by atoms with Crippen LogP contribution in [0, 0.1) is 0 Å². The second-order valence-electron chi connectivity index (χ2n) is 5.10. The first-order chi connectivity index (χ1) is 11.1. The number of esters is 1. The van der Waals surface area contributed by atoms with Crippen LogP contribution in [-0.4, -0.2) is 28.8 Å². The molecule has 5 heteroatoms. The number of hydrogen-bond acceptors (Lipinski definition) is 4. The molecule has 0 saturated carbocycles. The number of carboxylic acid groups (broad SMARTS) is 1. The van der Waals surface area contributed by atoms with E-state index in [1.54, 1.807) is 18.2 Å². The molecule has 0 bridgehead atoms. The Labute approximate surface area is 134 Å². The van der Waals surface area contributed by atoms with Gasteiger partial charge >= 0.3 is 11.9 Å². The maximum atomic E-state index is 11.8. The van der Waals surface area contributed by atoms with Gasteiger partial charge in [0.1, 0.15) is 5.75 Å². The smallest absolute Gasteiger partial charge is 0.338 e. The predicted molar refractivity (Wildman–Crippen MR) is 84.7 cm³/mol. The van der Waals surface area contributed by atoms with Crippen LogP contribution in [-0.2, 0) is 11.2 Å². The van der Waals surface area contributed by atoms with Crippen molar-refractivity contribution in [3.05, 3.63) is 65.2 Å². The minimum atomic E-state index is -0.931. The first kappa shape index (κ1) is 16.5. The summed E-state index contributed by atoms with van der Waals surface area (Å²) in [6.07, 6.45) is 2.00. The second kappa shape index (κ2) is 7.98. The molecule has 0 saturated heterocycles. The molecule has 2 aromatic rings. The lowest BCUT2D eigenvalue weighted by molar-refractivity contribution is 0.0498. The van der Waals surface area contributed by atoms with E-state index in [0.717, 1.165) is 12.0 Å². The molecule has 0 spiro atoms. The Morgan fingerprint density at radius 3 is 2.35 bits per heavy atom. The van der Waals surface area contributed by atoms with Crippen molar-refractivity contribution >= 4 is 11.9 Å². The minimum absolute atomic E-state index is 0.0960. The highest BCUT2D eigenvalue weighted by Crippen LogP contribution is 2.13. The fourth-order valence-electron chi connectivity index (χ4n) is 2.21. The number of aromatic carboxylic acids is 1. The van der Waals surface area contributed by atoms with Gasteiger partial charge in [0.2, 0.25) is 0 Å². The molecule has 0 aliphatic heterocycles. The number of carbonyl (C=O) groups is 2. The molecule has 23 heavy (non-hydrogen) atoms. The van der Waals surface area contributed by atoms with E-state index in [-0.39, 0.29) is 12.4 Å². The monoisotopic (exact) mass is 314 g/mol. The zero-order chi connectivity index (χ0) is 16.7. The molecule has 120 valence electrons. The third-order valence-corrected chi connectivity index (χ3v) is 3.42. The van der Waals surface area contributed by atoms with Crippen LogP contribution in [0.15, 0.2) is 48.5 Å². The van der Waals surface area contributed by atoms with Crippen molar-refractivity contribution < 1.29 is 24.5 Å².